The Morgan fingerprint density at radius 3 is 1.80 bits per heavy atom. The molecule has 1 heterocycles. The van der Waals surface area contributed by atoms with Gasteiger partial charge >= 0.3 is 23.9 Å². The molecule has 396 valence electrons. The number of tetrazole rings is 1. The van der Waals surface area contributed by atoms with Crippen molar-refractivity contribution in [3.05, 3.63) is 5.82 Å². The number of carbonyl (C=O) groups excluding carboxylic acids is 6. The number of Topliss-reactive ketones (excluding diaryl/α,β-unsaturated/α-hetero) is 3. The Hall–Kier alpha value is -5.76. The van der Waals surface area contributed by atoms with Gasteiger partial charge in [-0.05, 0) is 51.4 Å². The molecule has 0 spiro atoms. The minimum atomic E-state index is -4.09. The van der Waals surface area contributed by atoms with Crippen molar-refractivity contribution in [1.29, 1.82) is 0 Å². The summed E-state index contributed by atoms with van der Waals surface area (Å²) in [6.07, 6.45) is 4.04. The predicted octanol–water partition coefficient (Wildman–Crippen LogP) is 1.93. The molecule has 8 N–H and O–H groups in total. The Kier molecular flexibility index (Phi) is 32.2. The maximum absolute atomic E-state index is 12.6. The van der Waals surface area contributed by atoms with Crippen LogP contribution in [0, 0.1) is 17.8 Å². The zero-order chi connectivity index (χ0) is 52.3. The summed E-state index contributed by atoms with van der Waals surface area (Å²) >= 11 is 0. The average Bonchev–Trinajstić information content (AvgIpc) is 3.81. The highest BCUT2D eigenvalue weighted by Gasteiger charge is 2.26. The number of H-pyrrole nitrogens is 1. The summed E-state index contributed by atoms with van der Waals surface area (Å²) in [5, 5.41) is 56.1. The molecule has 4 unspecified atom stereocenters. The fourth-order valence-corrected chi connectivity index (χ4v) is 8.11. The Morgan fingerprint density at radius 2 is 1.19 bits per heavy atom. The third kappa shape index (κ3) is 31.4. The number of sulfonamides is 1. The molecule has 0 fully saturated rings. The molecule has 26 heteroatoms. The van der Waals surface area contributed by atoms with E-state index in [-0.39, 0.29) is 96.5 Å². The lowest BCUT2D eigenvalue weighted by Crippen LogP contribution is -2.41. The zero-order valence-corrected chi connectivity index (χ0v) is 40.7. The molecule has 0 saturated heterocycles. The van der Waals surface area contributed by atoms with Gasteiger partial charge in [-0.15, -0.1) is 10.2 Å². The smallest absolute Gasteiger partial charge is 0.326 e. The first-order chi connectivity index (χ1) is 33.2. The summed E-state index contributed by atoms with van der Waals surface area (Å²) in [6.45, 7) is 1.64. The fraction of sp³-hybridized carbons (Fsp3) is 0.750. The van der Waals surface area contributed by atoms with Crippen LogP contribution in [0.4, 0.5) is 0 Å². The standard InChI is InChI=1S/C44H71N7O18S/c1-2-33(52)14-8-4-6-12-30(41(58)59)11-5-3-7-13-31(42(60)61)28-35(54)29-69-25-24-68-23-22-45-38(55)21-18-32(43(62)63)27-34(53)19-20-36(44(64)65)46-39(56)17-10-26-70(66,67)49-40(57)16-9-15-37-47-50-51-48-37/h30-32,36H,2-29H2,1H3,(H,45,55)(H,46,56)(H,49,57)(H,58,59)(H,60,61)(H,62,63)(H,64,65)(H,47,48,50,51). The molecule has 70 heavy (non-hydrogen) atoms. The number of rotatable bonds is 45. The van der Waals surface area contributed by atoms with Crippen molar-refractivity contribution in [2.75, 3.05) is 38.7 Å². The summed E-state index contributed by atoms with van der Waals surface area (Å²) in [5.41, 5.74) is 0. The molecule has 3 amide bonds. The number of nitrogens with zero attached hydrogens (tertiary/aromatic N) is 3. The number of ketones is 3. The number of carboxylic acids is 4. The van der Waals surface area contributed by atoms with Gasteiger partial charge in [-0.1, -0.05) is 44.2 Å². The summed E-state index contributed by atoms with van der Waals surface area (Å²) in [4.78, 5) is 120. The van der Waals surface area contributed by atoms with Crippen LogP contribution < -0.4 is 15.4 Å². The van der Waals surface area contributed by atoms with Crippen molar-refractivity contribution in [3.63, 3.8) is 0 Å². The second kappa shape index (κ2) is 36.2. The molecular formula is C44H71N7O18S. The first kappa shape index (κ1) is 62.3. The van der Waals surface area contributed by atoms with Gasteiger partial charge in [-0.25, -0.2) is 13.2 Å². The van der Waals surface area contributed by atoms with Gasteiger partial charge in [-0.3, -0.25) is 47.9 Å². The van der Waals surface area contributed by atoms with Gasteiger partial charge in [0, 0.05) is 64.3 Å². The molecule has 0 aliphatic rings. The van der Waals surface area contributed by atoms with Crippen LogP contribution in [0.1, 0.15) is 148 Å². The number of carboxylic acid groups (broad SMARTS) is 4. The fourth-order valence-electron chi connectivity index (χ4n) is 7.04. The number of aryl methyl sites for hydroxylation is 1. The van der Waals surface area contributed by atoms with Gasteiger partial charge < -0.3 is 40.5 Å². The van der Waals surface area contributed by atoms with E-state index < -0.39 is 112 Å². The second-order valence-corrected chi connectivity index (χ2v) is 18.7. The third-order valence-corrected chi connectivity index (χ3v) is 12.4. The van der Waals surface area contributed by atoms with Gasteiger partial charge in [-0.2, -0.15) is 5.21 Å². The highest BCUT2D eigenvalue weighted by atomic mass is 32.2. The SMILES string of the molecule is CCC(=O)CCCCCC(CCCCCC(CC(=O)COCCOCCNC(=O)CCC(CC(=O)CCC(NC(=O)CCCS(=O)(=O)NC(=O)CCCc1nn[nH]n1)C(=O)O)C(=O)O)C(=O)O)C(=O)O. The predicted molar refractivity (Wildman–Crippen MR) is 245 cm³/mol. The molecule has 0 saturated carbocycles. The van der Waals surface area contributed by atoms with Crippen LogP contribution in [-0.4, -0.2) is 153 Å². The highest BCUT2D eigenvalue weighted by Crippen LogP contribution is 2.21. The van der Waals surface area contributed by atoms with Crippen molar-refractivity contribution in [1.82, 2.24) is 36.0 Å². The Balaban J connectivity index is 2.26. The normalized spacial score (nSPS) is 13.0. The number of ether oxygens (including phenoxy) is 2. The van der Waals surface area contributed by atoms with E-state index in [9.17, 15) is 76.8 Å². The van der Waals surface area contributed by atoms with E-state index in [0.29, 0.717) is 50.8 Å². The van der Waals surface area contributed by atoms with Gasteiger partial charge in [0.15, 0.2) is 11.6 Å². The lowest BCUT2D eigenvalue weighted by molar-refractivity contribution is -0.145. The third-order valence-electron chi connectivity index (χ3n) is 11.1. The molecule has 0 radical (unpaired) electrons. The van der Waals surface area contributed by atoms with Crippen molar-refractivity contribution in [2.45, 2.75) is 154 Å². The second-order valence-electron chi connectivity index (χ2n) is 16.9. The van der Waals surface area contributed by atoms with E-state index >= 15 is 0 Å². The molecule has 1 aromatic heterocycles. The number of nitrogens with one attached hydrogen (secondary N) is 4. The van der Waals surface area contributed by atoms with E-state index in [2.05, 4.69) is 31.3 Å². The number of hydrogen-bond donors (Lipinski definition) is 8. The minimum Gasteiger partial charge on any atom is -0.481 e. The molecule has 1 aromatic rings. The Labute approximate surface area is 406 Å². The van der Waals surface area contributed by atoms with Crippen molar-refractivity contribution in [3.8, 4) is 0 Å². The summed E-state index contributed by atoms with van der Waals surface area (Å²) in [6, 6.07) is -1.53. The molecule has 0 aromatic carbocycles. The maximum Gasteiger partial charge on any atom is 0.326 e. The number of aliphatic carboxylic acids is 4. The molecule has 25 nitrogen and oxygen atoms in total. The van der Waals surface area contributed by atoms with Gasteiger partial charge in [0.1, 0.15) is 24.2 Å². The van der Waals surface area contributed by atoms with Gasteiger partial charge in [0.2, 0.25) is 27.7 Å². The summed E-state index contributed by atoms with van der Waals surface area (Å²) < 4.78 is 37.0. The van der Waals surface area contributed by atoms with E-state index in [1.165, 1.54) is 0 Å². The zero-order valence-electron chi connectivity index (χ0n) is 39.9. The van der Waals surface area contributed by atoms with E-state index in [1.54, 1.807) is 0 Å². The van der Waals surface area contributed by atoms with E-state index in [0.717, 1.165) is 19.3 Å². The molecule has 1 rings (SSSR count). The Bertz CT molecular complexity index is 1930. The monoisotopic (exact) mass is 1020 g/mol. The lowest BCUT2D eigenvalue weighted by Gasteiger charge is -2.15. The summed E-state index contributed by atoms with van der Waals surface area (Å²) in [5.74, 6) is -10.7. The van der Waals surface area contributed by atoms with Crippen molar-refractivity contribution >= 4 is 69.0 Å². The van der Waals surface area contributed by atoms with Gasteiger partial charge in [0.25, 0.3) is 0 Å². The maximum atomic E-state index is 12.6. The van der Waals surface area contributed by atoms with Crippen molar-refractivity contribution in [2.24, 2.45) is 17.8 Å². The molecule has 0 aliphatic carbocycles. The molecule has 4 atom stereocenters. The lowest BCUT2D eigenvalue weighted by atomic mass is 9.92. The van der Waals surface area contributed by atoms with Crippen LogP contribution in [0.2, 0.25) is 0 Å². The molecular weight excluding hydrogens is 947 g/mol. The van der Waals surface area contributed by atoms with Crippen LogP contribution in [0.15, 0.2) is 0 Å². The quantitative estimate of drug-likeness (QED) is 0.0433. The number of carbonyl (C=O) groups is 10. The topological polar surface area (TPSA) is 395 Å². The first-order valence-electron chi connectivity index (χ1n) is 23.7. The number of hydrogen-bond acceptors (Lipinski definition) is 17. The largest absolute Gasteiger partial charge is 0.481 e. The van der Waals surface area contributed by atoms with E-state index in [4.69, 9.17) is 9.47 Å². The number of aromatic amines is 1. The van der Waals surface area contributed by atoms with Crippen LogP contribution in [0.25, 0.3) is 0 Å². The summed E-state index contributed by atoms with van der Waals surface area (Å²) in [7, 11) is -4.09. The molecule has 0 bridgehead atoms. The van der Waals surface area contributed by atoms with Crippen LogP contribution in [0.3, 0.4) is 0 Å². The van der Waals surface area contributed by atoms with Gasteiger partial charge in [0.05, 0.1) is 43.3 Å². The number of aromatic nitrogens is 4. The number of amides is 3. The van der Waals surface area contributed by atoms with E-state index in [1.807, 2.05) is 11.6 Å². The van der Waals surface area contributed by atoms with Crippen LogP contribution >= 0.6 is 0 Å². The molecule has 0 aliphatic heterocycles. The van der Waals surface area contributed by atoms with Crippen LogP contribution in [0.5, 0.6) is 0 Å². The van der Waals surface area contributed by atoms with Crippen LogP contribution in [-0.2, 0) is 73.9 Å². The van der Waals surface area contributed by atoms with Crippen molar-refractivity contribution < 1.29 is 86.3 Å². The first-order valence-corrected chi connectivity index (χ1v) is 25.3. The Morgan fingerprint density at radius 1 is 0.586 bits per heavy atom. The minimum absolute atomic E-state index is 0.00818. The average molecular weight is 1020 g/mol. The number of unbranched alkanes of at least 4 members (excludes halogenated alkanes) is 4. The highest BCUT2D eigenvalue weighted by molar-refractivity contribution is 7.90.